The number of carbonyl (C=O) groups excluding carboxylic acids is 1. The molecule has 92 valence electrons. The van der Waals surface area contributed by atoms with Crippen LogP contribution in [0.25, 0.3) is 0 Å². The lowest BCUT2D eigenvalue weighted by atomic mass is 10.2. The van der Waals surface area contributed by atoms with Gasteiger partial charge >= 0.3 is 0 Å². The predicted octanol–water partition coefficient (Wildman–Crippen LogP) is 0.766. The maximum Gasteiger partial charge on any atom is 0.255 e. The number of hydrogen-bond donors (Lipinski definition) is 3. The quantitative estimate of drug-likeness (QED) is 0.704. The van der Waals surface area contributed by atoms with Crippen molar-refractivity contribution in [2.45, 2.75) is 31.9 Å². The third-order valence-corrected chi connectivity index (χ3v) is 2.53. The first-order chi connectivity index (χ1) is 8.16. The number of rotatable bonds is 5. The van der Waals surface area contributed by atoms with Gasteiger partial charge in [0.05, 0.1) is 11.7 Å². The molecule has 3 N–H and O–H groups in total. The third kappa shape index (κ3) is 3.42. The Morgan fingerprint density at radius 1 is 1.65 bits per heavy atom. The van der Waals surface area contributed by atoms with E-state index in [9.17, 15) is 4.79 Å². The van der Waals surface area contributed by atoms with Gasteiger partial charge in [0.25, 0.3) is 5.91 Å². The van der Waals surface area contributed by atoms with E-state index in [1.165, 1.54) is 0 Å². The Kier molecular flexibility index (Phi) is 3.58. The second-order valence-electron chi connectivity index (χ2n) is 4.38. The fraction of sp³-hybridized carbons (Fsp3) is 0.500. The maximum atomic E-state index is 11.9. The number of pyridine rings is 1. The Hall–Kier alpha value is -1.62. The van der Waals surface area contributed by atoms with Gasteiger partial charge in [-0.3, -0.25) is 4.79 Å². The molecular weight excluding hydrogens is 218 g/mol. The molecule has 1 saturated carbocycles. The van der Waals surface area contributed by atoms with Crippen LogP contribution in [0, 0.1) is 0 Å². The molecule has 1 aromatic heterocycles. The van der Waals surface area contributed by atoms with Crippen molar-refractivity contribution in [3.05, 3.63) is 23.9 Å². The van der Waals surface area contributed by atoms with Crippen LogP contribution < -0.4 is 10.6 Å². The summed E-state index contributed by atoms with van der Waals surface area (Å²) in [5, 5.41) is 15.0. The van der Waals surface area contributed by atoms with E-state index in [0.29, 0.717) is 17.4 Å². The molecule has 1 heterocycles. The van der Waals surface area contributed by atoms with E-state index >= 15 is 0 Å². The van der Waals surface area contributed by atoms with Gasteiger partial charge in [0.15, 0.2) is 0 Å². The molecule has 0 saturated heterocycles. The summed E-state index contributed by atoms with van der Waals surface area (Å²) in [5.41, 5.74) is 0.528. The monoisotopic (exact) mass is 235 g/mol. The van der Waals surface area contributed by atoms with Crippen molar-refractivity contribution < 1.29 is 9.90 Å². The zero-order valence-corrected chi connectivity index (χ0v) is 9.81. The van der Waals surface area contributed by atoms with Gasteiger partial charge in [-0.1, -0.05) is 0 Å². The lowest BCUT2D eigenvalue weighted by Crippen LogP contribution is -2.31. The summed E-state index contributed by atoms with van der Waals surface area (Å²) in [4.78, 5) is 16.0. The topological polar surface area (TPSA) is 74.2 Å². The Balaban J connectivity index is 2.04. The number of aliphatic hydroxyl groups is 1. The summed E-state index contributed by atoms with van der Waals surface area (Å²) in [5.74, 6) is 0.417. The van der Waals surface area contributed by atoms with Crippen LogP contribution in [0.2, 0.25) is 0 Å². The molecule has 1 amide bonds. The number of nitrogens with zero attached hydrogens (tertiary/aromatic N) is 1. The van der Waals surface area contributed by atoms with Crippen molar-refractivity contribution in [1.29, 1.82) is 0 Å². The van der Waals surface area contributed by atoms with Crippen LogP contribution in [0.1, 0.15) is 30.1 Å². The summed E-state index contributed by atoms with van der Waals surface area (Å²) in [6.45, 7) is 1.88. The van der Waals surface area contributed by atoms with Gasteiger partial charge in [-0.2, -0.15) is 0 Å². The Labute approximate surface area is 100 Å². The van der Waals surface area contributed by atoms with Gasteiger partial charge in [0.1, 0.15) is 5.82 Å². The fourth-order valence-electron chi connectivity index (χ4n) is 1.46. The van der Waals surface area contributed by atoms with Crippen LogP contribution in [0.3, 0.4) is 0 Å². The molecule has 2 rings (SSSR count). The molecule has 1 aromatic rings. The molecular formula is C12H17N3O2. The van der Waals surface area contributed by atoms with Crippen molar-refractivity contribution >= 4 is 11.7 Å². The zero-order chi connectivity index (χ0) is 12.3. The first-order valence-corrected chi connectivity index (χ1v) is 5.84. The summed E-state index contributed by atoms with van der Waals surface area (Å²) in [6.07, 6.45) is 3.38. The van der Waals surface area contributed by atoms with E-state index in [2.05, 4.69) is 15.6 Å². The van der Waals surface area contributed by atoms with E-state index < -0.39 is 6.10 Å². The number of carbonyl (C=O) groups is 1. The highest BCUT2D eigenvalue weighted by atomic mass is 16.3. The maximum absolute atomic E-state index is 11.9. The summed E-state index contributed by atoms with van der Waals surface area (Å²) in [7, 11) is 0. The van der Waals surface area contributed by atoms with Crippen molar-refractivity contribution in [2.24, 2.45) is 0 Å². The molecule has 0 radical (unpaired) electrons. The average Bonchev–Trinajstić information content (AvgIpc) is 3.10. The number of aliphatic hydroxyl groups excluding tert-OH is 1. The lowest BCUT2D eigenvalue weighted by Gasteiger charge is -2.11. The van der Waals surface area contributed by atoms with Gasteiger partial charge in [0.2, 0.25) is 0 Å². The van der Waals surface area contributed by atoms with Crippen LogP contribution in [-0.2, 0) is 0 Å². The number of hydrogen-bond acceptors (Lipinski definition) is 4. The zero-order valence-electron chi connectivity index (χ0n) is 9.81. The standard InChI is InChI=1S/C12H17N3O2/c1-8(16)7-14-12(17)10-3-2-6-13-11(10)15-9-4-5-9/h2-3,6,8-9,16H,4-5,7H2,1H3,(H,13,15)(H,14,17). The summed E-state index contributed by atoms with van der Waals surface area (Å²) < 4.78 is 0. The molecule has 1 atom stereocenters. The fourth-order valence-corrected chi connectivity index (χ4v) is 1.46. The first kappa shape index (κ1) is 11.9. The van der Waals surface area contributed by atoms with Crippen LogP contribution in [0.5, 0.6) is 0 Å². The lowest BCUT2D eigenvalue weighted by molar-refractivity contribution is 0.0924. The van der Waals surface area contributed by atoms with Crippen LogP contribution in [0.15, 0.2) is 18.3 Å². The van der Waals surface area contributed by atoms with Crippen molar-refractivity contribution in [3.63, 3.8) is 0 Å². The molecule has 1 unspecified atom stereocenters. The first-order valence-electron chi connectivity index (χ1n) is 5.84. The molecule has 17 heavy (non-hydrogen) atoms. The molecule has 5 nitrogen and oxygen atoms in total. The van der Waals surface area contributed by atoms with E-state index in [0.717, 1.165) is 12.8 Å². The smallest absolute Gasteiger partial charge is 0.255 e. The predicted molar refractivity (Wildman–Crippen MR) is 64.9 cm³/mol. The molecule has 0 spiro atoms. The normalized spacial score (nSPS) is 16.4. The summed E-state index contributed by atoms with van der Waals surface area (Å²) in [6, 6.07) is 3.91. The van der Waals surface area contributed by atoms with E-state index in [-0.39, 0.29) is 12.5 Å². The molecule has 1 aliphatic carbocycles. The van der Waals surface area contributed by atoms with Crippen LogP contribution >= 0.6 is 0 Å². The minimum atomic E-state index is -0.546. The molecule has 0 bridgehead atoms. The van der Waals surface area contributed by atoms with Crippen molar-refractivity contribution in [1.82, 2.24) is 10.3 Å². The van der Waals surface area contributed by atoms with Crippen LogP contribution in [-0.4, -0.2) is 34.7 Å². The Bertz CT molecular complexity index is 402. The molecule has 1 aliphatic rings. The largest absolute Gasteiger partial charge is 0.392 e. The highest BCUT2D eigenvalue weighted by Gasteiger charge is 2.23. The van der Waals surface area contributed by atoms with E-state index in [1.807, 2.05) is 0 Å². The van der Waals surface area contributed by atoms with E-state index in [1.54, 1.807) is 25.3 Å². The van der Waals surface area contributed by atoms with Crippen molar-refractivity contribution in [2.75, 3.05) is 11.9 Å². The number of anilines is 1. The second kappa shape index (κ2) is 5.14. The van der Waals surface area contributed by atoms with Gasteiger partial charge in [0, 0.05) is 18.8 Å². The number of nitrogens with one attached hydrogen (secondary N) is 2. The molecule has 5 heteroatoms. The molecule has 1 fully saturated rings. The Morgan fingerprint density at radius 3 is 3.06 bits per heavy atom. The van der Waals surface area contributed by atoms with Gasteiger partial charge in [-0.05, 0) is 31.9 Å². The van der Waals surface area contributed by atoms with Crippen molar-refractivity contribution in [3.8, 4) is 0 Å². The van der Waals surface area contributed by atoms with Gasteiger partial charge in [-0.25, -0.2) is 4.98 Å². The van der Waals surface area contributed by atoms with Gasteiger partial charge in [-0.15, -0.1) is 0 Å². The van der Waals surface area contributed by atoms with Gasteiger partial charge < -0.3 is 15.7 Å². The van der Waals surface area contributed by atoms with Crippen LogP contribution in [0.4, 0.5) is 5.82 Å². The molecule has 0 aromatic carbocycles. The second-order valence-corrected chi connectivity index (χ2v) is 4.38. The highest BCUT2D eigenvalue weighted by Crippen LogP contribution is 2.25. The average molecular weight is 235 g/mol. The minimum absolute atomic E-state index is 0.206. The number of amides is 1. The number of aromatic nitrogens is 1. The third-order valence-electron chi connectivity index (χ3n) is 2.53. The minimum Gasteiger partial charge on any atom is -0.392 e. The summed E-state index contributed by atoms with van der Waals surface area (Å²) >= 11 is 0. The van der Waals surface area contributed by atoms with E-state index in [4.69, 9.17) is 5.11 Å². The molecule has 0 aliphatic heterocycles. The SMILES string of the molecule is CC(O)CNC(=O)c1cccnc1NC1CC1. The Morgan fingerprint density at radius 2 is 2.41 bits per heavy atom. The highest BCUT2D eigenvalue weighted by molar-refractivity contribution is 5.98.